The Bertz CT molecular complexity index is 894. The third-order valence-corrected chi connectivity index (χ3v) is 5.77. The molecule has 2 atom stereocenters. The average molecular weight is 320 g/mol. The van der Waals surface area contributed by atoms with Gasteiger partial charge in [-0.3, -0.25) is 0 Å². The van der Waals surface area contributed by atoms with Crippen molar-refractivity contribution in [1.29, 1.82) is 0 Å². The van der Waals surface area contributed by atoms with E-state index in [1.165, 1.54) is 40.4 Å². The lowest BCUT2D eigenvalue weighted by Gasteiger charge is -2.19. The van der Waals surface area contributed by atoms with Crippen LogP contribution < -0.4 is 5.32 Å². The first-order valence-electron chi connectivity index (χ1n) is 8.88. The van der Waals surface area contributed by atoms with Crippen molar-refractivity contribution >= 4 is 10.9 Å². The molecule has 122 valence electrons. The van der Waals surface area contributed by atoms with E-state index in [4.69, 9.17) is 0 Å². The molecule has 1 saturated heterocycles. The first kappa shape index (κ1) is 14.2. The Morgan fingerprint density at radius 1 is 1.00 bits per heavy atom. The van der Waals surface area contributed by atoms with Gasteiger partial charge < -0.3 is 9.88 Å². The maximum absolute atomic E-state index is 13.3. The Balaban J connectivity index is 1.62. The van der Waals surface area contributed by atoms with Gasteiger partial charge in [-0.15, -0.1) is 0 Å². The predicted molar refractivity (Wildman–Crippen MR) is 95.0 cm³/mol. The summed E-state index contributed by atoms with van der Waals surface area (Å²) in [6, 6.07) is 13.8. The summed E-state index contributed by atoms with van der Waals surface area (Å²) < 4.78 is 15.7. The maximum Gasteiger partial charge on any atom is 0.123 e. The van der Waals surface area contributed by atoms with Crippen LogP contribution in [0, 0.1) is 5.82 Å². The van der Waals surface area contributed by atoms with E-state index < -0.39 is 0 Å². The van der Waals surface area contributed by atoms with E-state index in [1.807, 2.05) is 12.1 Å². The Kier molecular flexibility index (Phi) is 3.23. The van der Waals surface area contributed by atoms with Crippen LogP contribution in [0.4, 0.5) is 4.39 Å². The van der Waals surface area contributed by atoms with Gasteiger partial charge in [0.25, 0.3) is 0 Å². The van der Waals surface area contributed by atoms with Gasteiger partial charge in [-0.05, 0) is 41.7 Å². The molecule has 0 saturated carbocycles. The van der Waals surface area contributed by atoms with Crippen LogP contribution in [-0.2, 0) is 13.0 Å². The fourth-order valence-corrected chi connectivity index (χ4v) is 4.64. The molecule has 0 spiro atoms. The quantitative estimate of drug-likeness (QED) is 0.749. The molecule has 0 aliphatic carbocycles. The van der Waals surface area contributed by atoms with Gasteiger partial charge in [-0.2, -0.15) is 0 Å². The molecular formula is C21H21FN2. The summed E-state index contributed by atoms with van der Waals surface area (Å²) in [5, 5.41) is 4.96. The monoisotopic (exact) mass is 320 g/mol. The van der Waals surface area contributed by atoms with Gasteiger partial charge in [0.2, 0.25) is 0 Å². The third kappa shape index (κ3) is 2.11. The number of hydrogen-bond acceptors (Lipinski definition) is 1. The van der Waals surface area contributed by atoms with Gasteiger partial charge in [-0.1, -0.05) is 30.3 Å². The molecule has 0 amide bonds. The van der Waals surface area contributed by atoms with E-state index in [0.29, 0.717) is 11.8 Å². The molecule has 2 aromatic carbocycles. The molecular weight excluding hydrogens is 299 g/mol. The Morgan fingerprint density at radius 3 is 2.71 bits per heavy atom. The highest BCUT2D eigenvalue weighted by molar-refractivity contribution is 5.88. The van der Waals surface area contributed by atoms with Gasteiger partial charge in [0.05, 0.1) is 5.52 Å². The lowest BCUT2D eigenvalue weighted by Crippen LogP contribution is -2.09. The fourth-order valence-electron chi connectivity index (χ4n) is 4.64. The van der Waals surface area contributed by atoms with E-state index >= 15 is 0 Å². The summed E-state index contributed by atoms with van der Waals surface area (Å²) in [5.74, 6) is 0.704. The first-order chi connectivity index (χ1) is 11.8. The summed E-state index contributed by atoms with van der Waals surface area (Å²) >= 11 is 0. The predicted octanol–water partition coefficient (Wildman–Crippen LogP) is 4.20. The summed E-state index contributed by atoms with van der Waals surface area (Å²) in [4.78, 5) is 0. The van der Waals surface area contributed by atoms with Crippen LogP contribution in [0.2, 0.25) is 0 Å². The van der Waals surface area contributed by atoms with Crippen molar-refractivity contribution in [2.24, 2.45) is 0 Å². The van der Waals surface area contributed by atoms with Crippen LogP contribution in [0.25, 0.3) is 10.9 Å². The molecule has 0 bridgehead atoms. The zero-order chi connectivity index (χ0) is 16.1. The number of aromatic nitrogens is 1. The van der Waals surface area contributed by atoms with Crippen molar-refractivity contribution in [1.82, 2.24) is 9.88 Å². The van der Waals surface area contributed by atoms with Crippen molar-refractivity contribution in [3.63, 3.8) is 0 Å². The second-order valence-corrected chi connectivity index (χ2v) is 7.12. The zero-order valence-corrected chi connectivity index (χ0v) is 13.6. The second kappa shape index (κ2) is 5.45. The minimum atomic E-state index is -0.159. The van der Waals surface area contributed by atoms with Crippen molar-refractivity contribution < 1.29 is 4.39 Å². The summed E-state index contributed by atoms with van der Waals surface area (Å²) in [6.45, 7) is 3.07. The van der Waals surface area contributed by atoms with Crippen LogP contribution in [0.3, 0.4) is 0 Å². The van der Waals surface area contributed by atoms with Gasteiger partial charge in [0.15, 0.2) is 0 Å². The van der Waals surface area contributed by atoms with Gasteiger partial charge in [0.1, 0.15) is 5.82 Å². The van der Waals surface area contributed by atoms with Crippen LogP contribution in [0.5, 0.6) is 0 Å². The molecule has 3 heteroatoms. The van der Waals surface area contributed by atoms with Crippen molar-refractivity contribution in [2.45, 2.75) is 31.2 Å². The Morgan fingerprint density at radius 2 is 1.83 bits per heavy atom. The van der Waals surface area contributed by atoms with Crippen LogP contribution in [0.15, 0.2) is 48.7 Å². The van der Waals surface area contributed by atoms with Crippen molar-refractivity contribution in [3.8, 4) is 0 Å². The number of benzene rings is 2. The van der Waals surface area contributed by atoms with Crippen LogP contribution in [0.1, 0.15) is 34.9 Å². The summed E-state index contributed by atoms with van der Waals surface area (Å²) in [6.07, 6.45) is 4.79. The second-order valence-electron chi connectivity index (χ2n) is 7.12. The van der Waals surface area contributed by atoms with Crippen LogP contribution in [-0.4, -0.2) is 17.7 Å². The molecule has 3 heterocycles. The number of nitrogens with one attached hydrogen (secondary N) is 1. The topological polar surface area (TPSA) is 17.0 Å². The highest BCUT2D eigenvalue weighted by Gasteiger charge is 2.32. The average Bonchev–Trinajstić information content (AvgIpc) is 3.22. The van der Waals surface area contributed by atoms with E-state index in [1.54, 1.807) is 12.1 Å². The van der Waals surface area contributed by atoms with E-state index in [0.717, 1.165) is 19.6 Å². The normalized spacial score (nSPS) is 23.0. The Labute approximate surface area is 141 Å². The van der Waals surface area contributed by atoms with Gasteiger partial charge >= 0.3 is 0 Å². The fraction of sp³-hybridized carbons (Fsp3) is 0.333. The highest BCUT2D eigenvalue weighted by atomic mass is 19.1. The lowest BCUT2D eigenvalue weighted by molar-refractivity contribution is 0.618. The largest absolute Gasteiger partial charge is 0.347 e. The summed E-state index contributed by atoms with van der Waals surface area (Å²) in [5.41, 5.74) is 5.60. The molecule has 0 radical (unpaired) electrons. The highest BCUT2D eigenvalue weighted by Crippen LogP contribution is 2.41. The van der Waals surface area contributed by atoms with Crippen molar-refractivity contribution in [3.05, 3.63) is 71.2 Å². The standard InChI is InChI=1S/C21H21FN2/c22-16-8-6-14(7-9-16)18-11-23-12-19(18)20-13-24-10-2-4-15-3-1-5-17(20)21(15)24/h1,3,5-9,13,18-19,23H,2,4,10-12H2/t18-,19+/m0/s1. The molecule has 1 N–H and O–H groups in total. The first-order valence-corrected chi connectivity index (χ1v) is 8.88. The summed E-state index contributed by atoms with van der Waals surface area (Å²) in [7, 11) is 0. The van der Waals surface area contributed by atoms with Crippen LogP contribution >= 0.6 is 0 Å². The number of aryl methyl sites for hydroxylation is 2. The number of para-hydroxylation sites is 1. The van der Waals surface area contributed by atoms with E-state index in [9.17, 15) is 4.39 Å². The molecule has 0 unspecified atom stereocenters. The maximum atomic E-state index is 13.3. The molecule has 1 aromatic heterocycles. The van der Waals surface area contributed by atoms with Gasteiger partial charge in [0, 0.05) is 43.1 Å². The van der Waals surface area contributed by atoms with Crippen molar-refractivity contribution in [2.75, 3.05) is 13.1 Å². The molecule has 2 aliphatic heterocycles. The van der Waals surface area contributed by atoms with Gasteiger partial charge in [-0.25, -0.2) is 4.39 Å². The molecule has 3 aromatic rings. The molecule has 24 heavy (non-hydrogen) atoms. The third-order valence-electron chi connectivity index (χ3n) is 5.77. The minimum absolute atomic E-state index is 0.159. The SMILES string of the molecule is Fc1ccc([C@@H]2CNC[C@H]2c2cn3c4c(cccc24)CCC3)cc1. The minimum Gasteiger partial charge on any atom is -0.347 e. The molecule has 2 aliphatic rings. The number of rotatable bonds is 2. The number of nitrogens with zero attached hydrogens (tertiary/aromatic N) is 1. The molecule has 1 fully saturated rings. The number of hydrogen-bond donors (Lipinski definition) is 1. The Hall–Kier alpha value is -2.13. The molecule has 2 nitrogen and oxygen atoms in total. The van der Waals surface area contributed by atoms with E-state index in [-0.39, 0.29) is 5.82 Å². The smallest absolute Gasteiger partial charge is 0.123 e. The lowest BCUT2D eigenvalue weighted by atomic mass is 9.84. The molecule has 5 rings (SSSR count). The van der Waals surface area contributed by atoms with E-state index in [2.05, 4.69) is 34.3 Å². The zero-order valence-electron chi connectivity index (χ0n) is 13.6. The number of halogens is 1.